The third kappa shape index (κ3) is 2.06. The minimum Gasteiger partial charge on any atom is -0.481 e. The van der Waals surface area contributed by atoms with Crippen LogP contribution < -0.4 is 10.1 Å². The monoisotopic (exact) mass is 242 g/mol. The average Bonchev–Trinajstić information content (AvgIpc) is 2.47. The second kappa shape index (κ2) is 4.94. The summed E-state index contributed by atoms with van der Waals surface area (Å²) in [5.41, 5.74) is 2.42. The van der Waals surface area contributed by atoms with Gasteiger partial charge in [-0.3, -0.25) is 0 Å². The molecule has 0 spiro atoms. The summed E-state index contributed by atoms with van der Waals surface area (Å²) < 4.78 is 5.33. The van der Waals surface area contributed by atoms with E-state index in [1.54, 1.807) is 7.11 Å². The summed E-state index contributed by atoms with van der Waals surface area (Å²) >= 11 is 0. The smallest absolute Gasteiger partial charge is 0.213 e. The highest BCUT2D eigenvalue weighted by atomic mass is 16.5. The number of piperidine rings is 1. The van der Waals surface area contributed by atoms with Crippen molar-refractivity contribution in [2.75, 3.05) is 20.2 Å². The van der Waals surface area contributed by atoms with Crippen LogP contribution in [0.15, 0.2) is 30.3 Å². The van der Waals surface area contributed by atoms with Gasteiger partial charge in [0.2, 0.25) is 5.88 Å². The van der Waals surface area contributed by atoms with E-state index in [1.807, 2.05) is 6.07 Å². The lowest BCUT2D eigenvalue weighted by molar-refractivity contribution is 0.397. The van der Waals surface area contributed by atoms with Gasteiger partial charge in [0.15, 0.2) is 0 Å². The number of hydrogen-bond acceptors (Lipinski definition) is 3. The summed E-state index contributed by atoms with van der Waals surface area (Å²) in [5.74, 6) is 1.34. The standard InChI is InChI=1S/C15H18N2O/c1-18-15-10-13(11-6-8-16-9-7-11)12-4-2-3-5-14(12)17-15/h2-5,10-11,16H,6-9H2,1H3. The van der Waals surface area contributed by atoms with Crippen molar-refractivity contribution in [3.63, 3.8) is 0 Å². The lowest BCUT2D eigenvalue weighted by atomic mass is 9.88. The van der Waals surface area contributed by atoms with E-state index < -0.39 is 0 Å². The summed E-state index contributed by atoms with van der Waals surface area (Å²) in [6.07, 6.45) is 2.38. The number of fused-ring (bicyclic) bond motifs is 1. The van der Waals surface area contributed by atoms with Gasteiger partial charge in [0, 0.05) is 11.5 Å². The van der Waals surface area contributed by atoms with Gasteiger partial charge in [-0.1, -0.05) is 18.2 Å². The van der Waals surface area contributed by atoms with Crippen LogP contribution in [0.1, 0.15) is 24.3 Å². The van der Waals surface area contributed by atoms with Gasteiger partial charge in [0.25, 0.3) is 0 Å². The van der Waals surface area contributed by atoms with Crippen LogP contribution in [0.2, 0.25) is 0 Å². The van der Waals surface area contributed by atoms with Gasteiger partial charge >= 0.3 is 0 Å². The van der Waals surface area contributed by atoms with Crippen LogP contribution in [0, 0.1) is 0 Å². The van der Waals surface area contributed by atoms with Crippen molar-refractivity contribution >= 4 is 10.9 Å². The first-order valence-electron chi connectivity index (χ1n) is 6.53. The van der Waals surface area contributed by atoms with Crippen LogP contribution in [0.3, 0.4) is 0 Å². The zero-order valence-electron chi connectivity index (χ0n) is 10.6. The van der Waals surface area contributed by atoms with Gasteiger partial charge < -0.3 is 10.1 Å². The predicted molar refractivity (Wildman–Crippen MR) is 73.1 cm³/mol. The van der Waals surface area contributed by atoms with Crippen molar-refractivity contribution in [2.45, 2.75) is 18.8 Å². The Hall–Kier alpha value is -1.61. The van der Waals surface area contributed by atoms with Crippen LogP contribution >= 0.6 is 0 Å². The van der Waals surface area contributed by atoms with Crippen LogP contribution in [0.5, 0.6) is 5.88 Å². The molecule has 0 saturated carbocycles. The molecule has 0 bridgehead atoms. The van der Waals surface area contributed by atoms with Crippen molar-refractivity contribution in [3.05, 3.63) is 35.9 Å². The van der Waals surface area contributed by atoms with Crippen molar-refractivity contribution in [1.29, 1.82) is 0 Å². The molecule has 3 rings (SSSR count). The maximum absolute atomic E-state index is 5.33. The normalized spacial score (nSPS) is 16.9. The van der Waals surface area contributed by atoms with Gasteiger partial charge in [-0.05, 0) is 43.5 Å². The second-order valence-corrected chi connectivity index (χ2v) is 4.80. The molecule has 18 heavy (non-hydrogen) atoms. The number of benzene rings is 1. The highest BCUT2D eigenvalue weighted by molar-refractivity contribution is 5.83. The Kier molecular flexibility index (Phi) is 3.15. The Morgan fingerprint density at radius 2 is 2.00 bits per heavy atom. The molecule has 0 aliphatic carbocycles. The van der Waals surface area contributed by atoms with Crippen molar-refractivity contribution in [2.24, 2.45) is 0 Å². The molecule has 0 unspecified atom stereocenters. The maximum atomic E-state index is 5.33. The number of methoxy groups -OCH3 is 1. The fourth-order valence-electron chi connectivity index (χ4n) is 2.75. The Morgan fingerprint density at radius 3 is 2.78 bits per heavy atom. The minimum atomic E-state index is 0.619. The molecule has 0 radical (unpaired) electrons. The molecule has 2 aromatic rings. The molecule has 3 heteroatoms. The van der Waals surface area contributed by atoms with Crippen LogP contribution in [-0.2, 0) is 0 Å². The van der Waals surface area contributed by atoms with Crippen LogP contribution in [-0.4, -0.2) is 25.2 Å². The van der Waals surface area contributed by atoms with Gasteiger partial charge in [-0.25, -0.2) is 4.98 Å². The summed E-state index contributed by atoms with van der Waals surface area (Å²) in [7, 11) is 1.68. The number of pyridine rings is 1. The topological polar surface area (TPSA) is 34.1 Å². The van der Waals surface area contributed by atoms with Gasteiger partial charge in [0.05, 0.1) is 12.6 Å². The molecule has 1 aromatic heterocycles. The van der Waals surface area contributed by atoms with Gasteiger partial charge in [-0.15, -0.1) is 0 Å². The lowest BCUT2D eigenvalue weighted by Gasteiger charge is -2.24. The Bertz CT molecular complexity index is 547. The molecular formula is C15H18N2O. The van der Waals surface area contributed by atoms with E-state index in [1.165, 1.54) is 23.8 Å². The fraction of sp³-hybridized carbons (Fsp3) is 0.400. The zero-order chi connectivity index (χ0) is 12.4. The van der Waals surface area contributed by atoms with E-state index in [0.717, 1.165) is 24.5 Å². The van der Waals surface area contributed by atoms with Crippen molar-refractivity contribution in [3.8, 4) is 5.88 Å². The number of para-hydroxylation sites is 1. The van der Waals surface area contributed by atoms with Crippen LogP contribution in [0.4, 0.5) is 0 Å². The van der Waals surface area contributed by atoms with Crippen molar-refractivity contribution in [1.82, 2.24) is 10.3 Å². The minimum absolute atomic E-state index is 0.619. The summed E-state index contributed by atoms with van der Waals surface area (Å²) in [6.45, 7) is 2.20. The second-order valence-electron chi connectivity index (χ2n) is 4.80. The highest BCUT2D eigenvalue weighted by Crippen LogP contribution is 2.32. The molecular weight excluding hydrogens is 224 g/mol. The Labute approximate surface area is 107 Å². The molecule has 3 nitrogen and oxygen atoms in total. The molecule has 1 aromatic carbocycles. The average molecular weight is 242 g/mol. The van der Waals surface area contributed by atoms with Gasteiger partial charge in [0.1, 0.15) is 0 Å². The fourth-order valence-corrected chi connectivity index (χ4v) is 2.75. The molecule has 1 aliphatic rings. The number of ether oxygens (including phenoxy) is 1. The van der Waals surface area contributed by atoms with E-state index in [9.17, 15) is 0 Å². The highest BCUT2D eigenvalue weighted by Gasteiger charge is 2.18. The van der Waals surface area contributed by atoms with E-state index in [2.05, 4.69) is 34.6 Å². The zero-order valence-corrected chi connectivity index (χ0v) is 10.6. The largest absolute Gasteiger partial charge is 0.481 e. The number of hydrogen-bond donors (Lipinski definition) is 1. The quantitative estimate of drug-likeness (QED) is 0.879. The SMILES string of the molecule is COc1cc(C2CCNCC2)c2ccccc2n1. The molecule has 94 valence electrons. The summed E-state index contributed by atoms with van der Waals surface area (Å²) in [6, 6.07) is 10.4. The molecule has 0 amide bonds. The molecule has 1 fully saturated rings. The number of aromatic nitrogens is 1. The Balaban J connectivity index is 2.12. The number of nitrogens with zero attached hydrogens (tertiary/aromatic N) is 1. The molecule has 1 aliphatic heterocycles. The Morgan fingerprint density at radius 1 is 1.22 bits per heavy atom. The molecule has 2 heterocycles. The first-order valence-corrected chi connectivity index (χ1v) is 6.53. The van der Waals surface area contributed by atoms with E-state index in [0.29, 0.717) is 5.92 Å². The third-order valence-electron chi connectivity index (χ3n) is 3.71. The summed E-state index contributed by atoms with van der Waals surface area (Å²) in [5, 5.41) is 4.68. The van der Waals surface area contributed by atoms with Crippen molar-refractivity contribution < 1.29 is 4.74 Å². The number of nitrogens with one attached hydrogen (secondary N) is 1. The lowest BCUT2D eigenvalue weighted by Crippen LogP contribution is -2.26. The molecule has 1 saturated heterocycles. The predicted octanol–water partition coefficient (Wildman–Crippen LogP) is 2.71. The van der Waals surface area contributed by atoms with Gasteiger partial charge in [-0.2, -0.15) is 0 Å². The van der Waals surface area contributed by atoms with Crippen LogP contribution in [0.25, 0.3) is 10.9 Å². The molecule has 0 atom stereocenters. The number of rotatable bonds is 2. The van der Waals surface area contributed by atoms with E-state index in [4.69, 9.17) is 4.74 Å². The molecule has 1 N–H and O–H groups in total. The summed E-state index contributed by atoms with van der Waals surface area (Å²) in [4.78, 5) is 4.51. The van der Waals surface area contributed by atoms with E-state index >= 15 is 0 Å². The maximum Gasteiger partial charge on any atom is 0.213 e. The first-order chi connectivity index (χ1) is 8.88. The third-order valence-corrected chi connectivity index (χ3v) is 3.71. The van der Waals surface area contributed by atoms with E-state index in [-0.39, 0.29) is 0 Å². The first kappa shape index (κ1) is 11.5.